The topological polar surface area (TPSA) is 25.8 Å². The van der Waals surface area contributed by atoms with Crippen LogP contribution in [0.3, 0.4) is 0 Å². The highest BCUT2D eigenvalue weighted by molar-refractivity contribution is 6.05. The van der Waals surface area contributed by atoms with Crippen LogP contribution < -0.4 is 0 Å². The molecule has 1 aliphatic carbocycles. The lowest BCUT2D eigenvalue weighted by atomic mass is 9.67. The number of hydrogen-bond acceptors (Lipinski definition) is 2. The largest absolute Gasteiger partial charge is 0.245 e. The van der Waals surface area contributed by atoms with Crippen molar-refractivity contribution in [3.8, 4) is 44.8 Å². The minimum Gasteiger partial charge on any atom is -0.245 e. The van der Waals surface area contributed by atoms with Crippen LogP contribution in [-0.2, 0) is 5.41 Å². The molecule has 11 rings (SSSR count). The average Bonchev–Trinajstić information content (AvgIpc) is 3.56. The van der Waals surface area contributed by atoms with Gasteiger partial charge in [0.25, 0.3) is 0 Å². The Morgan fingerprint density at radius 3 is 1.55 bits per heavy atom. The molecule has 0 saturated carbocycles. The summed E-state index contributed by atoms with van der Waals surface area (Å²) in [7, 11) is 0. The van der Waals surface area contributed by atoms with Crippen LogP contribution in [0.1, 0.15) is 22.3 Å². The Bertz CT molecular complexity index is 3040. The van der Waals surface area contributed by atoms with Gasteiger partial charge in [-0.3, -0.25) is 0 Å². The summed E-state index contributed by atoms with van der Waals surface area (Å²) in [6.07, 6.45) is 0. The zero-order valence-corrected chi connectivity index (χ0v) is 30.0. The molecular weight excluding hydrogens is 665 g/mol. The van der Waals surface area contributed by atoms with E-state index in [0.29, 0.717) is 0 Å². The summed E-state index contributed by atoms with van der Waals surface area (Å²) < 4.78 is 0. The fraction of sp³-hybridized carbons (Fsp3) is 0.0189. The first-order chi connectivity index (χ1) is 27.3. The lowest BCUT2D eigenvalue weighted by Crippen LogP contribution is -2.28. The normalized spacial score (nSPS) is 12.9. The van der Waals surface area contributed by atoms with Gasteiger partial charge < -0.3 is 0 Å². The van der Waals surface area contributed by atoms with Crippen molar-refractivity contribution in [2.75, 3.05) is 0 Å². The minimum absolute atomic E-state index is 0.527. The summed E-state index contributed by atoms with van der Waals surface area (Å²) in [6, 6.07) is 74.7. The Kier molecular flexibility index (Phi) is 7.11. The van der Waals surface area contributed by atoms with Gasteiger partial charge in [0.05, 0.1) is 27.8 Å². The highest BCUT2D eigenvalue weighted by Crippen LogP contribution is 2.58. The van der Waals surface area contributed by atoms with Gasteiger partial charge in [-0.1, -0.05) is 176 Å². The molecule has 256 valence electrons. The number of pyridine rings is 2. The van der Waals surface area contributed by atoms with E-state index in [1.165, 1.54) is 44.2 Å². The van der Waals surface area contributed by atoms with Crippen LogP contribution in [-0.4, -0.2) is 9.97 Å². The molecule has 8 aromatic carbocycles. The number of hydrogen-bond donors (Lipinski definition) is 0. The monoisotopic (exact) mass is 698 g/mol. The minimum atomic E-state index is -0.527. The average molecular weight is 699 g/mol. The standard InChI is InChI=1S/C53H34N2/c1-4-15-36(16-5-1)49-30-28-37-25-26-38-29-31-50(55-52(38)51(37)54-49)46-34-48-45(33-44(46)40-27-24-35-14-10-11-17-39(35)32-40)43-22-12-13-23-47(43)53(48,41-18-6-2-7-19-41)42-20-8-3-9-21-42/h1-34H. The van der Waals surface area contributed by atoms with E-state index in [2.05, 4.69) is 200 Å². The highest BCUT2D eigenvalue weighted by Gasteiger charge is 2.46. The van der Waals surface area contributed by atoms with E-state index < -0.39 is 5.41 Å². The second-order valence-electron chi connectivity index (χ2n) is 14.5. The van der Waals surface area contributed by atoms with Crippen LogP contribution in [0.4, 0.5) is 0 Å². The van der Waals surface area contributed by atoms with Crippen LogP contribution in [0.15, 0.2) is 206 Å². The van der Waals surface area contributed by atoms with E-state index in [1.54, 1.807) is 0 Å². The summed E-state index contributed by atoms with van der Waals surface area (Å²) in [5, 5.41) is 4.58. The zero-order chi connectivity index (χ0) is 36.3. The van der Waals surface area contributed by atoms with Gasteiger partial charge in [-0.05, 0) is 85.6 Å². The molecule has 0 fully saturated rings. The summed E-state index contributed by atoms with van der Waals surface area (Å²) >= 11 is 0. The van der Waals surface area contributed by atoms with E-state index in [0.717, 1.165) is 55.4 Å². The number of aromatic nitrogens is 2. The molecule has 2 aromatic heterocycles. The fourth-order valence-corrected chi connectivity index (χ4v) is 8.98. The third-order valence-corrected chi connectivity index (χ3v) is 11.5. The number of benzene rings is 8. The maximum absolute atomic E-state index is 5.56. The third kappa shape index (κ3) is 4.89. The third-order valence-electron chi connectivity index (χ3n) is 11.5. The van der Waals surface area contributed by atoms with Gasteiger partial charge in [-0.25, -0.2) is 9.97 Å². The maximum Gasteiger partial charge on any atom is 0.0972 e. The number of nitrogens with zero attached hydrogens (tertiary/aromatic N) is 2. The van der Waals surface area contributed by atoms with Gasteiger partial charge in [0.2, 0.25) is 0 Å². The molecule has 0 N–H and O–H groups in total. The molecule has 0 spiro atoms. The Labute approximate surface area is 320 Å². The molecule has 0 aliphatic heterocycles. The van der Waals surface area contributed by atoms with E-state index in [-0.39, 0.29) is 0 Å². The fourth-order valence-electron chi connectivity index (χ4n) is 8.98. The van der Waals surface area contributed by atoms with Gasteiger partial charge in [-0.15, -0.1) is 0 Å². The Morgan fingerprint density at radius 1 is 0.291 bits per heavy atom. The maximum atomic E-state index is 5.56. The molecule has 55 heavy (non-hydrogen) atoms. The van der Waals surface area contributed by atoms with Crippen molar-refractivity contribution >= 4 is 32.6 Å². The lowest BCUT2D eigenvalue weighted by Gasteiger charge is -2.34. The molecule has 2 heterocycles. The van der Waals surface area contributed by atoms with Gasteiger partial charge in [0.1, 0.15) is 0 Å². The van der Waals surface area contributed by atoms with E-state index >= 15 is 0 Å². The SMILES string of the molecule is c1ccc(-c2ccc3ccc4ccc(-c5cc6c(cc5-c5ccc7ccccc7c5)-c5ccccc5C6(c5ccccc5)c5ccccc5)nc4c3n2)cc1. The predicted octanol–water partition coefficient (Wildman–Crippen LogP) is 13.3. The summed E-state index contributed by atoms with van der Waals surface area (Å²) in [6.45, 7) is 0. The number of rotatable bonds is 5. The molecule has 1 aliphatic rings. The summed E-state index contributed by atoms with van der Waals surface area (Å²) in [5.41, 5.74) is 15.2. The molecule has 0 saturated heterocycles. The predicted molar refractivity (Wildman–Crippen MR) is 228 cm³/mol. The van der Waals surface area contributed by atoms with Crippen molar-refractivity contribution < 1.29 is 0 Å². The lowest BCUT2D eigenvalue weighted by molar-refractivity contribution is 0.769. The Balaban J connectivity index is 1.24. The Hall–Kier alpha value is -7.16. The van der Waals surface area contributed by atoms with Crippen LogP contribution in [0, 0.1) is 0 Å². The van der Waals surface area contributed by atoms with Crippen LogP contribution in [0.5, 0.6) is 0 Å². The summed E-state index contributed by atoms with van der Waals surface area (Å²) in [5.74, 6) is 0. The second kappa shape index (κ2) is 12.5. The second-order valence-corrected chi connectivity index (χ2v) is 14.5. The smallest absolute Gasteiger partial charge is 0.0972 e. The van der Waals surface area contributed by atoms with Gasteiger partial charge in [0, 0.05) is 21.9 Å². The van der Waals surface area contributed by atoms with Crippen molar-refractivity contribution in [2.45, 2.75) is 5.41 Å². The quantitative estimate of drug-likeness (QED) is 0.167. The zero-order valence-electron chi connectivity index (χ0n) is 30.0. The molecule has 0 bridgehead atoms. The van der Waals surface area contributed by atoms with Crippen molar-refractivity contribution in [3.63, 3.8) is 0 Å². The molecule has 0 atom stereocenters. The van der Waals surface area contributed by atoms with Crippen LogP contribution in [0.25, 0.3) is 77.3 Å². The van der Waals surface area contributed by atoms with E-state index in [9.17, 15) is 0 Å². The van der Waals surface area contributed by atoms with Gasteiger partial charge >= 0.3 is 0 Å². The number of fused-ring (bicyclic) bond motifs is 7. The first-order valence-corrected chi connectivity index (χ1v) is 18.9. The molecule has 0 amide bonds. The van der Waals surface area contributed by atoms with E-state index in [1.807, 2.05) is 6.07 Å². The van der Waals surface area contributed by atoms with Crippen molar-refractivity contribution in [3.05, 3.63) is 229 Å². The van der Waals surface area contributed by atoms with Crippen LogP contribution in [0.2, 0.25) is 0 Å². The molecule has 2 nitrogen and oxygen atoms in total. The van der Waals surface area contributed by atoms with Crippen molar-refractivity contribution in [2.24, 2.45) is 0 Å². The first-order valence-electron chi connectivity index (χ1n) is 18.9. The van der Waals surface area contributed by atoms with Gasteiger partial charge in [0.15, 0.2) is 0 Å². The molecule has 2 heteroatoms. The summed E-state index contributed by atoms with van der Waals surface area (Å²) in [4.78, 5) is 10.8. The molecule has 0 radical (unpaired) electrons. The molecular formula is C53H34N2. The Morgan fingerprint density at radius 2 is 0.836 bits per heavy atom. The van der Waals surface area contributed by atoms with E-state index in [4.69, 9.17) is 9.97 Å². The van der Waals surface area contributed by atoms with Crippen molar-refractivity contribution in [1.82, 2.24) is 9.97 Å². The molecule has 0 unspecified atom stereocenters. The first kappa shape index (κ1) is 31.4. The van der Waals surface area contributed by atoms with Crippen molar-refractivity contribution in [1.29, 1.82) is 0 Å². The van der Waals surface area contributed by atoms with Crippen LogP contribution >= 0.6 is 0 Å². The highest BCUT2D eigenvalue weighted by atomic mass is 14.8. The molecule has 10 aromatic rings. The van der Waals surface area contributed by atoms with Gasteiger partial charge in [-0.2, -0.15) is 0 Å².